The number of hydrogen-bond acceptors (Lipinski definition) is 2. The summed E-state index contributed by atoms with van der Waals surface area (Å²) in [7, 11) is 2.00. The van der Waals surface area contributed by atoms with Crippen molar-refractivity contribution in [2.45, 2.75) is 45.7 Å². The average molecular weight is 269 g/mol. The van der Waals surface area contributed by atoms with Gasteiger partial charge in [0.05, 0.1) is 6.20 Å². The van der Waals surface area contributed by atoms with Crippen molar-refractivity contribution < 1.29 is 0 Å². The summed E-state index contributed by atoms with van der Waals surface area (Å²) in [4.78, 5) is 0. The highest BCUT2D eigenvalue weighted by molar-refractivity contribution is 5.38. The first kappa shape index (κ1) is 13.4. The number of aromatic nitrogens is 2. The molecule has 1 aromatic carbocycles. The zero-order valence-corrected chi connectivity index (χ0v) is 12.8. The molecule has 0 aliphatic heterocycles. The topological polar surface area (TPSA) is 29.9 Å². The minimum absolute atomic E-state index is 0.333. The molecule has 0 saturated carbocycles. The summed E-state index contributed by atoms with van der Waals surface area (Å²) in [5, 5.41) is 8.13. The molecular weight excluding hydrogens is 246 g/mol. The van der Waals surface area contributed by atoms with Crippen LogP contribution in [0.5, 0.6) is 0 Å². The van der Waals surface area contributed by atoms with E-state index in [1.54, 1.807) is 0 Å². The van der Waals surface area contributed by atoms with E-state index in [0.717, 1.165) is 0 Å². The lowest BCUT2D eigenvalue weighted by Gasteiger charge is -2.20. The van der Waals surface area contributed by atoms with Gasteiger partial charge < -0.3 is 5.32 Å². The quantitative estimate of drug-likeness (QED) is 0.925. The van der Waals surface area contributed by atoms with Crippen molar-refractivity contribution >= 4 is 0 Å². The maximum absolute atomic E-state index is 4.35. The van der Waals surface area contributed by atoms with Crippen LogP contribution in [-0.4, -0.2) is 9.78 Å². The number of nitrogens with one attached hydrogen (secondary N) is 1. The molecule has 0 saturated heterocycles. The van der Waals surface area contributed by atoms with Gasteiger partial charge in [-0.3, -0.25) is 4.68 Å². The molecule has 2 atom stereocenters. The van der Waals surface area contributed by atoms with Crippen molar-refractivity contribution in [1.29, 1.82) is 0 Å². The van der Waals surface area contributed by atoms with Crippen LogP contribution in [0.1, 0.15) is 53.4 Å². The number of hydrogen-bond donors (Lipinski definition) is 1. The molecule has 0 spiro atoms. The molecule has 106 valence electrons. The third-order valence-electron chi connectivity index (χ3n) is 4.57. The predicted molar refractivity (Wildman–Crippen MR) is 81.7 cm³/mol. The van der Waals surface area contributed by atoms with Gasteiger partial charge in [-0.05, 0) is 44.7 Å². The van der Waals surface area contributed by atoms with E-state index in [1.165, 1.54) is 40.8 Å². The molecule has 1 aromatic heterocycles. The Morgan fingerprint density at radius 3 is 2.85 bits per heavy atom. The van der Waals surface area contributed by atoms with Gasteiger partial charge in [-0.1, -0.05) is 23.8 Å². The average Bonchev–Trinajstić information content (AvgIpc) is 2.95. The molecule has 3 rings (SSSR count). The first-order valence-electron chi connectivity index (χ1n) is 7.40. The lowest BCUT2D eigenvalue weighted by atomic mass is 10.0. The smallest absolute Gasteiger partial charge is 0.0540 e. The summed E-state index contributed by atoms with van der Waals surface area (Å²) in [6.07, 6.45) is 4.37. The highest BCUT2D eigenvalue weighted by Crippen LogP contribution is 2.33. The lowest BCUT2D eigenvalue weighted by Crippen LogP contribution is -2.23. The van der Waals surface area contributed by atoms with Crippen molar-refractivity contribution in [2.24, 2.45) is 7.05 Å². The van der Waals surface area contributed by atoms with Crippen LogP contribution in [0.25, 0.3) is 0 Å². The monoisotopic (exact) mass is 269 g/mol. The van der Waals surface area contributed by atoms with E-state index >= 15 is 0 Å². The van der Waals surface area contributed by atoms with Crippen molar-refractivity contribution in [1.82, 2.24) is 15.1 Å². The third kappa shape index (κ3) is 2.27. The number of rotatable bonds is 3. The van der Waals surface area contributed by atoms with E-state index in [0.29, 0.717) is 12.1 Å². The van der Waals surface area contributed by atoms with Gasteiger partial charge in [0.15, 0.2) is 0 Å². The van der Waals surface area contributed by atoms with Gasteiger partial charge in [-0.15, -0.1) is 0 Å². The zero-order chi connectivity index (χ0) is 14.3. The van der Waals surface area contributed by atoms with Gasteiger partial charge >= 0.3 is 0 Å². The second kappa shape index (κ2) is 5.06. The van der Waals surface area contributed by atoms with Crippen molar-refractivity contribution in [3.05, 3.63) is 52.3 Å². The Labute approximate surface area is 121 Å². The van der Waals surface area contributed by atoms with Crippen molar-refractivity contribution in [3.63, 3.8) is 0 Å². The van der Waals surface area contributed by atoms with Gasteiger partial charge in [0, 0.05) is 30.4 Å². The van der Waals surface area contributed by atoms with Crippen molar-refractivity contribution in [3.8, 4) is 0 Å². The van der Waals surface area contributed by atoms with Crippen LogP contribution in [0.2, 0.25) is 0 Å². The Kier molecular flexibility index (Phi) is 3.38. The zero-order valence-electron chi connectivity index (χ0n) is 12.8. The molecule has 0 bridgehead atoms. The number of fused-ring (bicyclic) bond motifs is 1. The molecule has 3 nitrogen and oxygen atoms in total. The molecule has 1 N–H and O–H groups in total. The molecular formula is C17H23N3. The molecule has 1 aliphatic carbocycles. The van der Waals surface area contributed by atoms with E-state index in [-0.39, 0.29) is 0 Å². The lowest BCUT2D eigenvalue weighted by molar-refractivity contribution is 0.463. The second-order valence-corrected chi connectivity index (χ2v) is 5.99. The predicted octanol–water partition coefficient (Wildman–Crippen LogP) is 3.38. The minimum atomic E-state index is 0.333. The summed E-state index contributed by atoms with van der Waals surface area (Å²) in [5.74, 6) is 0. The highest BCUT2D eigenvalue weighted by atomic mass is 15.3. The van der Waals surface area contributed by atoms with Crippen LogP contribution >= 0.6 is 0 Å². The van der Waals surface area contributed by atoms with E-state index in [2.05, 4.69) is 49.4 Å². The number of aryl methyl sites for hydroxylation is 3. The minimum Gasteiger partial charge on any atom is -0.303 e. The van der Waals surface area contributed by atoms with Crippen molar-refractivity contribution in [2.75, 3.05) is 0 Å². The summed E-state index contributed by atoms with van der Waals surface area (Å²) >= 11 is 0. The standard InChI is InChI=1S/C17H23N3/c1-11-5-6-14-7-8-17(15(14)9-11)19-12(2)16-10-18-20(4)13(16)3/h5-6,9-10,12,17,19H,7-8H2,1-4H3. The fraction of sp³-hybridized carbons (Fsp3) is 0.471. The van der Waals surface area contributed by atoms with Gasteiger partial charge in [-0.2, -0.15) is 5.10 Å². The van der Waals surface area contributed by atoms with Crippen LogP contribution < -0.4 is 5.32 Å². The van der Waals surface area contributed by atoms with Gasteiger partial charge in [-0.25, -0.2) is 0 Å². The maximum atomic E-state index is 4.35. The van der Waals surface area contributed by atoms with Gasteiger partial charge in [0.2, 0.25) is 0 Å². The summed E-state index contributed by atoms with van der Waals surface area (Å²) < 4.78 is 1.94. The first-order valence-corrected chi connectivity index (χ1v) is 7.40. The molecule has 3 heteroatoms. The van der Waals surface area contributed by atoms with E-state index in [9.17, 15) is 0 Å². The third-order valence-corrected chi connectivity index (χ3v) is 4.57. The molecule has 0 radical (unpaired) electrons. The Balaban J connectivity index is 1.80. The van der Waals surface area contributed by atoms with Crippen LogP contribution in [0.4, 0.5) is 0 Å². The van der Waals surface area contributed by atoms with Gasteiger partial charge in [0.25, 0.3) is 0 Å². The van der Waals surface area contributed by atoms with E-state index in [4.69, 9.17) is 0 Å². The van der Waals surface area contributed by atoms with Crippen LogP contribution in [0.3, 0.4) is 0 Å². The largest absolute Gasteiger partial charge is 0.303 e. The molecule has 0 amide bonds. The van der Waals surface area contributed by atoms with E-state index < -0.39 is 0 Å². The Bertz CT molecular complexity index is 627. The molecule has 1 aliphatic rings. The normalized spacial score (nSPS) is 19.1. The van der Waals surface area contributed by atoms with Crippen LogP contribution in [0, 0.1) is 13.8 Å². The molecule has 2 aromatic rings. The SMILES string of the molecule is Cc1ccc2c(c1)C(NC(C)c1cnn(C)c1C)CC2. The highest BCUT2D eigenvalue weighted by Gasteiger charge is 2.24. The summed E-state index contributed by atoms with van der Waals surface area (Å²) in [6, 6.07) is 7.64. The Morgan fingerprint density at radius 2 is 2.15 bits per heavy atom. The number of nitrogens with zero attached hydrogens (tertiary/aromatic N) is 2. The van der Waals surface area contributed by atoms with Gasteiger partial charge in [0.1, 0.15) is 0 Å². The Hall–Kier alpha value is -1.61. The number of benzene rings is 1. The molecule has 20 heavy (non-hydrogen) atoms. The fourth-order valence-corrected chi connectivity index (χ4v) is 3.23. The van der Waals surface area contributed by atoms with E-state index in [1.807, 2.05) is 17.9 Å². The maximum Gasteiger partial charge on any atom is 0.0540 e. The summed E-state index contributed by atoms with van der Waals surface area (Å²) in [5.41, 5.74) is 6.88. The van der Waals surface area contributed by atoms with Crippen LogP contribution in [0.15, 0.2) is 24.4 Å². The molecule has 2 unspecified atom stereocenters. The molecule has 0 fully saturated rings. The Morgan fingerprint density at radius 1 is 1.35 bits per heavy atom. The fourth-order valence-electron chi connectivity index (χ4n) is 3.23. The van der Waals surface area contributed by atoms with Crippen LogP contribution in [-0.2, 0) is 13.5 Å². The molecule has 1 heterocycles. The first-order chi connectivity index (χ1) is 9.56. The second-order valence-electron chi connectivity index (χ2n) is 5.99. The summed E-state index contributed by atoms with van der Waals surface area (Å²) in [6.45, 7) is 6.54.